The van der Waals surface area contributed by atoms with Crippen LogP contribution in [-0.4, -0.2) is 43.4 Å². The molecule has 0 amide bonds. The molecule has 0 spiro atoms. The predicted octanol–water partition coefficient (Wildman–Crippen LogP) is -0.603. The van der Waals surface area contributed by atoms with E-state index in [0.717, 1.165) is 6.08 Å². The van der Waals surface area contributed by atoms with E-state index >= 15 is 0 Å². The Hall–Kier alpha value is -1.55. The van der Waals surface area contributed by atoms with Crippen LogP contribution in [0.25, 0.3) is 0 Å². The molecule has 0 aliphatic carbocycles. The zero-order valence-corrected chi connectivity index (χ0v) is 9.04. The van der Waals surface area contributed by atoms with Crippen LogP contribution in [0.1, 0.15) is 0 Å². The Morgan fingerprint density at radius 2 is 1.76 bits per heavy atom. The van der Waals surface area contributed by atoms with Crippen molar-refractivity contribution in [2.75, 3.05) is 13.2 Å². The summed E-state index contributed by atoms with van der Waals surface area (Å²) in [6, 6.07) is 0. The molecule has 0 N–H and O–H groups in total. The number of esters is 2. The van der Waals surface area contributed by atoms with Crippen LogP contribution < -0.4 is 0 Å². The lowest BCUT2D eigenvalue weighted by Gasteiger charge is -2.17. The van der Waals surface area contributed by atoms with Crippen molar-refractivity contribution in [3.05, 3.63) is 12.7 Å². The average molecular weight is 273 g/mol. The molecule has 0 unspecified atom stereocenters. The highest BCUT2D eigenvalue weighted by atomic mass is 32.2. The minimum Gasteiger partial charge on any atom is -0.743 e. The smallest absolute Gasteiger partial charge is 0.428 e. The van der Waals surface area contributed by atoms with Gasteiger partial charge in [-0.3, -0.25) is 0 Å². The predicted molar refractivity (Wildman–Crippen MR) is 46.8 cm³/mol. The van der Waals surface area contributed by atoms with Crippen LogP contribution in [0, 0.1) is 0 Å². The fourth-order valence-corrected chi connectivity index (χ4v) is 0.785. The SMILES string of the molecule is C=CC(=O)OCCOC(=O)C(F)(F)S(=O)(=O)[O-]. The molecular weight excluding hydrogens is 266 g/mol. The van der Waals surface area contributed by atoms with Gasteiger partial charge in [0.25, 0.3) is 0 Å². The number of hydrogen-bond acceptors (Lipinski definition) is 7. The lowest BCUT2D eigenvalue weighted by molar-refractivity contribution is -0.164. The van der Waals surface area contributed by atoms with Crippen molar-refractivity contribution in [3.8, 4) is 0 Å². The first-order valence-electron chi connectivity index (χ1n) is 3.92. The molecule has 0 saturated carbocycles. The highest BCUT2D eigenvalue weighted by Crippen LogP contribution is 2.21. The van der Waals surface area contributed by atoms with Crippen LogP contribution in [0.15, 0.2) is 12.7 Å². The number of hydrogen-bond donors (Lipinski definition) is 0. The Morgan fingerprint density at radius 1 is 1.29 bits per heavy atom. The Bertz CT molecular complexity index is 414. The molecule has 0 aromatic heterocycles. The van der Waals surface area contributed by atoms with E-state index in [1.807, 2.05) is 0 Å². The zero-order chi connectivity index (χ0) is 13.7. The average Bonchev–Trinajstić information content (AvgIpc) is 2.21. The van der Waals surface area contributed by atoms with Gasteiger partial charge < -0.3 is 14.0 Å². The van der Waals surface area contributed by atoms with Gasteiger partial charge in [0.15, 0.2) is 10.1 Å². The molecule has 0 heterocycles. The van der Waals surface area contributed by atoms with Gasteiger partial charge in [-0.25, -0.2) is 18.0 Å². The second-order valence-corrected chi connectivity index (χ2v) is 3.90. The Morgan fingerprint density at radius 3 is 2.18 bits per heavy atom. The molecule has 17 heavy (non-hydrogen) atoms. The van der Waals surface area contributed by atoms with Gasteiger partial charge in [0.1, 0.15) is 13.2 Å². The molecule has 10 heteroatoms. The van der Waals surface area contributed by atoms with Crippen molar-refractivity contribution in [3.63, 3.8) is 0 Å². The highest BCUT2D eigenvalue weighted by Gasteiger charge is 2.48. The molecule has 0 radical (unpaired) electrons. The first-order chi connectivity index (χ1) is 7.63. The minimum atomic E-state index is -6.14. The summed E-state index contributed by atoms with van der Waals surface area (Å²) in [5.74, 6) is -3.41. The molecule has 0 atom stereocenters. The van der Waals surface area contributed by atoms with E-state index in [2.05, 4.69) is 16.1 Å². The fourth-order valence-electron chi connectivity index (χ4n) is 0.522. The lowest BCUT2D eigenvalue weighted by atomic mass is 10.6. The Balaban J connectivity index is 4.21. The number of alkyl halides is 2. The molecule has 0 aliphatic rings. The van der Waals surface area contributed by atoms with Crippen molar-refractivity contribution in [1.82, 2.24) is 0 Å². The summed E-state index contributed by atoms with van der Waals surface area (Å²) in [4.78, 5) is 21.0. The van der Waals surface area contributed by atoms with Crippen molar-refractivity contribution in [1.29, 1.82) is 0 Å². The number of rotatable bonds is 6. The fraction of sp³-hybridized carbons (Fsp3) is 0.429. The quantitative estimate of drug-likeness (QED) is 0.275. The van der Waals surface area contributed by atoms with Crippen molar-refractivity contribution >= 4 is 22.1 Å². The van der Waals surface area contributed by atoms with Gasteiger partial charge in [-0.1, -0.05) is 6.58 Å². The van der Waals surface area contributed by atoms with Crippen LogP contribution in [0.3, 0.4) is 0 Å². The maximum atomic E-state index is 12.5. The number of carbonyl (C=O) groups excluding carboxylic acids is 2. The Kier molecular flexibility index (Phi) is 5.16. The summed E-state index contributed by atoms with van der Waals surface area (Å²) in [7, 11) is -6.14. The maximum absolute atomic E-state index is 12.5. The summed E-state index contributed by atoms with van der Waals surface area (Å²) in [6.07, 6.45) is 0.776. The molecule has 0 aromatic rings. The summed E-state index contributed by atoms with van der Waals surface area (Å²) < 4.78 is 62.9. The molecule has 0 fully saturated rings. The van der Waals surface area contributed by atoms with Gasteiger partial charge in [-0.05, 0) is 0 Å². The van der Waals surface area contributed by atoms with E-state index in [1.54, 1.807) is 0 Å². The van der Waals surface area contributed by atoms with Gasteiger partial charge in [-0.2, -0.15) is 8.78 Å². The molecule has 7 nitrogen and oxygen atoms in total. The molecule has 0 aliphatic heterocycles. The zero-order valence-electron chi connectivity index (χ0n) is 8.22. The summed E-state index contributed by atoms with van der Waals surface area (Å²) in [5, 5.41) is -5.17. The summed E-state index contributed by atoms with van der Waals surface area (Å²) >= 11 is 0. The van der Waals surface area contributed by atoms with E-state index in [9.17, 15) is 31.3 Å². The third-order valence-corrected chi connectivity index (χ3v) is 2.07. The van der Waals surface area contributed by atoms with Crippen LogP contribution in [0.5, 0.6) is 0 Å². The molecule has 0 rings (SSSR count). The van der Waals surface area contributed by atoms with Crippen LogP contribution in [0.2, 0.25) is 0 Å². The third-order valence-electron chi connectivity index (χ3n) is 1.28. The molecule has 0 bridgehead atoms. The number of ether oxygens (including phenoxy) is 2. The van der Waals surface area contributed by atoms with Crippen LogP contribution >= 0.6 is 0 Å². The van der Waals surface area contributed by atoms with Gasteiger partial charge >= 0.3 is 17.2 Å². The Labute approximate surface area is 94.7 Å². The van der Waals surface area contributed by atoms with Crippen LogP contribution in [0.4, 0.5) is 8.78 Å². The van der Waals surface area contributed by atoms with Crippen molar-refractivity contribution in [2.45, 2.75) is 5.25 Å². The van der Waals surface area contributed by atoms with E-state index in [0.29, 0.717) is 0 Å². The first kappa shape index (κ1) is 15.4. The lowest BCUT2D eigenvalue weighted by Crippen LogP contribution is -2.39. The maximum Gasteiger partial charge on any atom is 0.428 e. The monoisotopic (exact) mass is 273 g/mol. The summed E-state index contributed by atoms with van der Waals surface area (Å²) in [5.41, 5.74) is 0. The molecular formula is C7H7F2O7S-. The highest BCUT2D eigenvalue weighted by molar-refractivity contribution is 7.87. The van der Waals surface area contributed by atoms with Crippen LogP contribution in [-0.2, 0) is 29.2 Å². The summed E-state index contributed by atoms with van der Waals surface area (Å²) in [6.45, 7) is 1.63. The molecule has 98 valence electrons. The van der Waals surface area contributed by atoms with E-state index in [1.165, 1.54) is 0 Å². The van der Waals surface area contributed by atoms with E-state index < -0.39 is 40.5 Å². The minimum absolute atomic E-state index is 0.578. The standard InChI is InChI=1S/C7H8F2O7S/c1-2-5(10)15-3-4-16-6(11)7(8,9)17(12,13)14/h2H,1,3-4H2,(H,12,13,14)/p-1. The van der Waals surface area contributed by atoms with Crippen molar-refractivity contribution < 1.29 is 40.8 Å². The van der Waals surface area contributed by atoms with E-state index in [4.69, 9.17) is 0 Å². The number of halogens is 2. The molecule has 0 aromatic carbocycles. The third kappa shape index (κ3) is 4.44. The largest absolute Gasteiger partial charge is 0.743 e. The second-order valence-electron chi connectivity index (χ2n) is 2.48. The van der Waals surface area contributed by atoms with Gasteiger partial charge in [0.05, 0.1) is 0 Å². The normalized spacial score (nSPS) is 11.7. The number of carbonyl (C=O) groups is 2. The topological polar surface area (TPSA) is 110 Å². The molecule has 0 saturated heterocycles. The van der Waals surface area contributed by atoms with E-state index in [-0.39, 0.29) is 0 Å². The van der Waals surface area contributed by atoms with Gasteiger partial charge in [0, 0.05) is 6.08 Å². The van der Waals surface area contributed by atoms with Gasteiger partial charge in [-0.15, -0.1) is 0 Å². The van der Waals surface area contributed by atoms with Gasteiger partial charge in [0.2, 0.25) is 0 Å². The second kappa shape index (κ2) is 5.68. The first-order valence-corrected chi connectivity index (χ1v) is 5.33. The van der Waals surface area contributed by atoms with Crippen molar-refractivity contribution in [2.24, 2.45) is 0 Å².